The molecule has 0 fully saturated rings. The van der Waals surface area contributed by atoms with Crippen LogP contribution in [0.5, 0.6) is 11.5 Å². The Kier molecular flexibility index (Phi) is 4.63. The van der Waals surface area contributed by atoms with Crippen LogP contribution < -0.4 is 4.74 Å². The van der Waals surface area contributed by atoms with E-state index in [1.165, 1.54) is 0 Å². The van der Waals surface area contributed by atoms with Crippen LogP contribution in [0, 0.1) is 0 Å². The number of aliphatic hydroxyl groups excluding tert-OH is 1. The number of aliphatic hydroxyl groups is 1. The van der Waals surface area contributed by atoms with E-state index in [9.17, 15) is 5.11 Å². The summed E-state index contributed by atoms with van der Waals surface area (Å²) in [6, 6.07) is 5.07. The van der Waals surface area contributed by atoms with Crippen LogP contribution >= 0.6 is 0 Å². The average molecular weight is 209 g/mol. The molecule has 0 aliphatic carbocycles. The zero-order chi connectivity index (χ0) is 11.1. The predicted molar refractivity (Wildman–Crippen MR) is 58.8 cm³/mol. The first-order valence-electron chi connectivity index (χ1n) is 4.84. The molecule has 0 aromatic heterocycles. The minimum atomic E-state index is 0.0273. The highest BCUT2D eigenvalue weighted by molar-refractivity contribution is 5.80. The van der Waals surface area contributed by atoms with E-state index in [1.807, 2.05) is 6.92 Å². The number of phenolic OH excluding ortho intramolecular Hbond substituents is 1. The number of ether oxygens (including phenoxy) is 1. The zero-order valence-electron chi connectivity index (χ0n) is 8.68. The molecule has 0 saturated carbocycles. The van der Waals surface area contributed by atoms with Crippen molar-refractivity contribution in [3.8, 4) is 11.5 Å². The maximum atomic E-state index is 9.54. The SMILES string of the molecule is CCOc1ccc(/C=N/CCO)cc1O. The lowest BCUT2D eigenvalue weighted by atomic mass is 10.2. The summed E-state index contributed by atoms with van der Waals surface area (Å²) in [6.45, 7) is 2.77. The maximum Gasteiger partial charge on any atom is 0.160 e. The van der Waals surface area contributed by atoms with Gasteiger partial charge in [-0.2, -0.15) is 0 Å². The lowest BCUT2D eigenvalue weighted by molar-refractivity contribution is 0.307. The zero-order valence-corrected chi connectivity index (χ0v) is 8.68. The first-order valence-corrected chi connectivity index (χ1v) is 4.84. The van der Waals surface area contributed by atoms with Crippen molar-refractivity contribution in [2.24, 2.45) is 4.99 Å². The predicted octanol–water partition coefficient (Wildman–Crippen LogP) is 1.20. The van der Waals surface area contributed by atoms with E-state index in [0.717, 1.165) is 5.56 Å². The first kappa shape index (κ1) is 11.5. The normalized spacial score (nSPS) is 10.8. The Balaban J connectivity index is 2.73. The second kappa shape index (κ2) is 6.03. The molecule has 82 valence electrons. The first-order chi connectivity index (χ1) is 7.27. The molecule has 4 heteroatoms. The summed E-state index contributed by atoms with van der Waals surface area (Å²) in [5, 5.41) is 18.1. The fraction of sp³-hybridized carbons (Fsp3) is 0.364. The molecular formula is C11H15NO3. The van der Waals surface area contributed by atoms with Crippen molar-refractivity contribution in [1.29, 1.82) is 0 Å². The molecule has 0 radical (unpaired) electrons. The van der Waals surface area contributed by atoms with Gasteiger partial charge < -0.3 is 14.9 Å². The maximum absolute atomic E-state index is 9.54. The van der Waals surface area contributed by atoms with E-state index in [1.54, 1.807) is 24.4 Å². The summed E-state index contributed by atoms with van der Waals surface area (Å²) in [6.07, 6.45) is 1.60. The molecule has 1 aromatic carbocycles. The molecular weight excluding hydrogens is 194 g/mol. The van der Waals surface area contributed by atoms with E-state index in [4.69, 9.17) is 9.84 Å². The van der Waals surface area contributed by atoms with E-state index < -0.39 is 0 Å². The second-order valence-corrected chi connectivity index (χ2v) is 2.92. The van der Waals surface area contributed by atoms with Crippen LogP contribution in [0.25, 0.3) is 0 Å². The number of rotatable bonds is 5. The fourth-order valence-corrected chi connectivity index (χ4v) is 1.12. The number of nitrogens with zero attached hydrogens (tertiary/aromatic N) is 1. The lowest BCUT2D eigenvalue weighted by Gasteiger charge is -2.05. The highest BCUT2D eigenvalue weighted by Gasteiger charge is 2.01. The summed E-state index contributed by atoms with van der Waals surface area (Å²) in [7, 11) is 0. The van der Waals surface area contributed by atoms with E-state index in [2.05, 4.69) is 4.99 Å². The molecule has 1 aromatic rings. The van der Waals surface area contributed by atoms with Crippen molar-refractivity contribution in [2.45, 2.75) is 6.92 Å². The number of phenols is 1. The molecule has 0 amide bonds. The smallest absolute Gasteiger partial charge is 0.160 e. The van der Waals surface area contributed by atoms with Gasteiger partial charge in [0, 0.05) is 6.21 Å². The van der Waals surface area contributed by atoms with Gasteiger partial charge in [0.25, 0.3) is 0 Å². The van der Waals surface area contributed by atoms with Crippen molar-refractivity contribution in [1.82, 2.24) is 0 Å². The van der Waals surface area contributed by atoms with Gasteiger partial charge in [-0.1, -0.05) is 0 Å². The molecule has 2 N–H and O–H groups in total. The van der Waals surface area contributed by atoms with Crippen molar-refractivity contribution in [3.63, 3.8) is 0 Å². The van der Waals surface area contributed by atoms with Crippen molar-refractivity contribution < 1.29 is 14.9 Å². The Morgan fingerprint density at radius 3 is 2.87 bits per heavy atom. The van der Waals surface area contributed by atoms with Gasteiger partial charge in [0.05, 0.1) is 19.8 Å². The van der Waals surface area contributed by atoms with E-state index in [0.29, 0.717) is 18.9 Å². The van der Waals surface area contributed by atoms with Crippen LogP contribution in [0.2, 0.25) is 0 Å². The summed E-state index contributed by atoms with van der Waals surface area (Å²) >= 11 is 0. The number of benzene rings is 1. The number of hydrogen-bond acceptors (Lipinski definition) is 4. The summed E-state index contributed by atoms with van der Waals surface area (Å²) in [4.78, 5) is 3.95. The van der Waals surface area contributed by atoms with Gasteiger partial charge in [-0.25, -0.2) is 0 Å². The lowest BCUT2D eigenvalue weighted by Crippen LogP contribution is -1.93. The highest BCUT2D eigenvalue weighted by atomic mass is 16.5. The van der Waals surface area contributed by atoms with E-state index >= 15 is 0 Å². The van der Waals surface area contributed by atoms with Crippen LogP contribution in [0.3, 0.4) is 0 Å². The van der Waals surface area contributed by atoms with Crippen molar-refractivity contribution in [2.75, 3.05) is 19.8 Å². The summed E-state index contributed by atoms with van der Waals surface area (Å²) < 4.78 is 5.18. The van der Waals surface area contributed by atoms with E-state index in [-0.39, 0.29) is 12.4 Å². The molecule has 0 aliphatic rings. The van der Waals surface area contributed by atoms with Crippen molar-refractivity contribution >= 4 is 6.21 Å². The molecule has 15 heavy (non-hydrogen) atoms. The molecule has 0 unspecified atom stereocenters. The van der Waals surface area contributed by atoms with Gasteiger partial charge in [0.1, 0.15) is 0 Å². The largest absolute Gasteiger partial charge is 0.504 e. The summed E-state index contributed by atoms with van der Waals surface area (Å²) in [5.41, 5.74) is 0.782. The molecule has 0 heterocycles. The number of aliphatic imine (C=N–C) groups is 1. The Morgan fingerprint density at radius 2 is 2.27 bits per heavy atom. The highest BCUT2D eigenvalue weighted by Crippen LogP contribution is 2.25. The average Bonchev–Trinajstić information content (AvgIpc) is 2.23. The van der Waals surface area contributed by atoms with Crippen LogP contribution in [0.15, 0.2) is 23.2 Å². The number of hydrogen-bond donors (Lipinski definition) is 2. The summed E-state index contributed by atoms with van der Waals surface area (Å²) in [5.74, 6) is 0.571. The van der Waals surface area contributed by atoms with Gasteiger partial charge in [0.15, 0.2) is 11.5 Å². The van der Waals surface area contributed by atoms with Gasteiger partial charge in [-0.15, -0.1) is 0 Å². The van der Waals surface area contributed by atoms with Gasteiger partial charge in [0.2, 0.25) is 0 Å². The molecule has 0 bridgehead atoms. The Hall–Kier alpha value is -1.55. The van der Waals surface area contributed by atoms with Crippen molar-refractivity contribution in [3.05, 3.63) is 23.8 Å². The molecule has 0 aliphatic heterocycles. The van der Waals surface area contributed by atoms with Crippen LogP contribution in [-0.2, 0) is 0 Å². The minimum absolute atomic E-state index is 0.0273. The molecule has 0 spiro atoms. The van der Waals surface area contributed by atoms with Gasteiger partial charge in [-0.05, 0) is 30.7 Å². The molecule has 1 rings (SSSR count). The monoisotopic (exact) mass is 209 g/mol. The third-order valence-electron chi connectivity index (χ3n) is 1.75. The standard InChI is InChI=1S/C11H15NO3/c1-2-15-11-4-3-9(7-10(11)14)8-12-5-6-13/h3-4,7-8,13-14H,2,5-6H2,1H3/b12-8+. The molecule has 0 saturated heterocycles. The fourth-order valence-electron chi connectivity index (χ4n) is 1.12. The molecule has 4 nitrogen and oxygen atoms in total. The Bertz CT molecular complexity index is 337. The quantitative estimate of drug-likeness (QED) is 0.716. The number of aromatic hydroxyl groups is 1. The molecule has 0 atom stereocenters. The van der Waals surface area contributed by atoms with Crippen LogP contribution in [0.1, 0.15) is 12.5 Å². The second-order valence-electron chi connectivity index (χ2n) is 2.92. The minimum Gasteiger partial charge on any atom is -0.504 e. The Morgan fingerprint density at radius 1 is 1.47 bits per heavy atom. The topological polar surface area (TPSA) is 62.0 Å². The van der Waals surface area contributed by atoms with Gasteiger partial charge in [-0.3, -0.25) is 4.99 Å². The van der Waals surface area contributed by atoms with Crippen LogP contribution in [0.4, 0.5) is 0 Å². The third-order valence-corrected chi connectivity index (χ3v) is 1.75. The van der Waals surface area contributed by atoms with Gasteiger partial charge >= 0.3 is 0 Å². The van der Waals surface area contributed by atoms with Crippen LogP contribution in [-0.4, -0.2) is 36.2 Å². The third kappa shape index (κ3) is 3.59. The Labute approximate surface area is 88.9 Å².